The third-order valence-electron chi connectivity index (χ3n) is 3.38. The molecule has 18 heavy (non-hydrogen) atoms. The predicted octanol–water partition coefficient (Wildman–Crippen LogP) is 1.25. The lowest BCUT2D eigenvalue weighted by Crippen LogP contribution is -2.40. The van der Waals surface area contributed by atoms with E-state index < -0.39 is 10.0 Å². The van der Waals surface area contributed by atoms with Gasteiger partial charge in [0.1, 0.15) is 0 Å². The summed E-state index contributed by atoms with van der Waals surface area (Å²) < 4.78 is 26.3. The molecule has 1 aliphatic heterocycles. The molecule has 1 aliphatic rings. The first-order valence-electron chi connectivity index (χ1n) is 6.28. The van der Waals surface area contributed by atoms with Crippen molar-refractivity contribution in [3.8, 4) is 0 Å². The number of rotatable bonds is 4. The number of hydrogen-bond donors (Lipinski definition) is 1. The van der Waals surface area contributed by atoms with Crippen LogP contribution in [-0.4, -0.2) is 31.9 Å². The van der Waals surface area contributed by atoms with Gasteiger partial charge in [-0.2, -0.15) is 4.31 Å². The highest BCUT2D eigenvalue weighted by atomic mass is 32.2. The Hall–Kier alpha value is -0.910. The predicted molar refractivity (Wildman–Crippen MR) is 72.6 cm³/mol. The summed E-state index contributed by atoms with van der Waals surface area (Å²) in [5, 5.41) is 0. The molecule has 0 aromatic heterocycles. The topological polar surface area (TPSA) is 63.4 Å². The number of nitrogens with zero attached hydrogens (tertiary/aromatic N) is 1. The van der Waals surface area contributed by atoms with E-state index in [0.717, 1.165) is 24.0 Å². The molecule has 0 bridgehead atoms. The standard InChI is InChI=1S/C13H20N2O2S/c1-11-4-2-5-12(8-11)10-18(16,17)15-7-3-6-13(15)9-14/h2,4-5,8,13H,3,6-7,9-10,14H2,1H3. The van der Waals surface area contributed by atoms with E-state index >= 15 is 0 Å². The van der Waals surface area contributed by atoms with Crippen LogP contribution in [0.3, 0.4) is 0 Å². The summed E-state index contributed by atoms with van der Waals surface area (Å²) in [4.78, 5) is 0. The van der Waals surface area contributed by atoms with Crippen LogP contribution in [0.5, 0.6) is 0 Å². The van der Waals surface area contributed by atoms with Gasteiger partial charge in [0.05, 0.1) is 5.75 Å². The first kappa shape index (κ1) is 13.5. The largest absolute Gasteiger partial charge is 0.329 e. The highest BCUT2D eigenvalue weighted by Crippen LogP contribution is 2.23. The Balaban J connectivity index is 2.17. The van der Waals surface area contributed by atoms with Crippen LogP contribution in [0.1, 0.15) is 24.0 Å². The maximum absolute atomic E-state index is 12.4. The van der Waals surface area contributed by atoms with Crippen LogP contribution in [0.2, 0.25) is 0 Å². The van der Waals surface area contributed by atoms with Crippen molar-refractivity contribution in [2.24, 2.45) is 5.73 Å². The molecule has 2 N–H and O–H groups in total. The molecular weight excluding hydrogens is 248 g/mol. The summed E-state index contributed by atoms with van der Waals surface area (Å²) in [7, 11) is -3.24. The third-order valence-corrected chi connectivity index (χ3v) is 5.28. The van der Waals surface area contributed by atoms with Gasteiger partial charge in [-0.3, -0.25) is 0 Å². The number of nitrogens with two attached hydrogens (primary N) is 1. The lowest BCUT2D eigenvalue weighted by molar-refractivity contribution is 0.392. The molecule has 1 aromatic rings. The van der Waals surface area contributed by atoms with Gasteiger partial charge in [0.2, 0.25) is 10.0 Å². The zero-order valence-electron chi connectivity index (χ0n) is 10.7. The molecule has 1 aromatic carbocycles. The maximum atomic E-state index is 12.4. The van der Waals surface area contributed by atoms with Gasteiger partial charge in [-0.25, -0.2) is 8.42 Å². The fourth-order valence-electron chi connectivity index (χ4n) is 2.51. The zero-order valence-corrected chi connectivity index (χ0v) is 11.5. The van der Waals surface area contributed by atoms with E-state index in [2.05, 4.69) is 0 Å². The SMILES string of the molecule is Cc1cccc(CS(=O)(=O)N2CCCC2CN)c1. The molecule has 1 saturated heterocycles. The molecule has 1 fully saturated rings. The van der Waals surface area contributed by atoms with E-state index in [9.17, 15) is 8.42 Å². The van der Waals surface area contributed by atoms with Gasteiger partial charge in [-0.1, -0.05) is 29.8 Å². The Morgan fingerprint density at radius 1 is 1.44 bits per heavy atom. The second-order valence-corrected chi connectivity index (χ2v) is 6.81. The smallest absolute Gasteiger partial charge is 0.218 e. The minimum absolute atomic E-state index is 0.0141. The number of benzene rings is 1. The number of aryl methyl sites for hydroxylation is 1. The summed E-state index contributed by atoms with van der Waals surface area (Å²) in [6.45, 7) is 2.98. The van der Waals surface area contributed by atoms with Crippen molar-refractivity contribution in [3.05, 3.63) is 35.4 Å². The molecule has 0 amide bonds. The Labute approximate surface area is 109 Å². The van der Waals surface area contributed by atoms with Crippen LogP contribution in [0, 0.1) is 6.92 Å². The summed E-state index contributed by atoms with van der Waals surface area (Å²) in [5.74, 6) is 0.0746. The maximum Gasteiger partial charge on any atom is 0.218 e. The first-order valence-corrected chi connectivity index (χ1v) is 7.89. The Morgan fingerprint density at radius 2 is 2.22 bits per heavy atom. The van der Waals surface area contributed by atoms with Gasteiger partial charge in [0, 0.05) is 19.1 Å². The lowest BCUT2D eigenvalue weighted by atomic mass is 10.2. The number of hydrogen-bond acceptors (Lipinski definition) is 3. The molecule has 100 valence electrons. The summed E-state index contributed by atoms with van der Waals surface area (Å²) in [6.07, 6.45) is 1.79. The van der Waals surface area contributed by atoms with Crippen molar-refractivity contribution in [1.29, 1.82) is 0 Å². The lowest BCUT2D eigenvalue weighted by Gasteiger charge is -2.22. The van der Waals surface area contributed by atoms with E-state index in [1.165, 1.54) is 0 Å². The van der Waals surface area contributed by atoms with Crippen molar-refractivity contribution >= 4 is 10.0 Å². The molecule has 1 atom stereocenters. The average Bonchev–Trinajstić information content (AvgIpc) is 2.77. The van der Waals surface area contributed by atoms with Gasteiger partial charge < -0.3 is 5.73 Å². The fraction of sp³-hybridized carbons (Fsp3) is 0.538. The quantitative estimate of drug-likeness (QED) is 0.894. The Morgan fingerprint density at radius 3 is 2.89 bits per heavy atom. The van der Waals surface area contributed by atoms with Crippen molar-refractivity contribution in [2.75, 3.05) is 13.1 Å². The van der Waals surface area contributed by atoms with Crippen LogP contribution in [0.25, 0.3) is 0 Å². The minimum Gasteiger partial charge on any atom is -0.329 e. The van der Waals surface area contributed by atoms with Crippen molar-refractivity contribution in [3.63, 3.8) is 0 Å². The van der Waals surface area contributed by atoms with E-state index in [4.69, 9.17) is 5.73 Å². The van der Waals surface area contributed by atoms with Crippen LogP contribution in [0.15, 0.2) is 24.3 Å². The molecule has 0 aliphatic carbocycles. The minimum atomic E-state index is -3.24. The normalized spacial score (nSPS) is 21.3. The van der Waals surface area contributed by atoms with Crippen molar-refractivity contribution in [2.45, 2.75) is 31.6 Å². The highest BCUT2D eigenvalue weighted by molar-refractivity contribution is 7.88. The molecule has 0 spiro atoms. The molecule has 4 nitrogen and oxygen atoms in total. The van der Waals surface area contributed by atoms with Gasteiger partial charge in [0.15, 0.2) is 0 Å². The molecule has 2 rings (SSSR count). The van der Waals surface area contributed by atoms with Crippen LogP contribution in [0.4, 0.5) is 0 Å². The molecular formula is C13H20N2O2S. The van der Waals surface area contributed by atoms with Gasteiger partial charge in [0.25, 0.3) is 0 Å². The first-order chi connectivity index (χ1) is 8.53. The van der Waals surface area contributed by atoms with Crippen LogP contribution < -0.4 is 5.73 Å². The fourth-order valence-corrected chi connectivity index (χ4v) is 4.33. The molecule has 1 heterocycles. The molecule has 1 unspecified atom stereocenters. The van der Waals surface area contributed by atoms with Gasteiger partial charge in [-0.15, -0.1) is 0 Å². The Bertz CT molecular complexity index is 513. The molecule has 5 heteroatoms. The number of sulfonamides is 1. The van der Waals surface area contributed by atoms with Gasteiger partial charge in [-0.05, 0) is 25.3 Å². The second kappa shape index (κ2) is 5.38. The molecule has 0 radical (unpaired) electrons. The van der Waals surface area contributed by atoms with Crippen molar-refractivity contribution in [1.82, 2.24) is 4.31 Å². The van der Waals surface area contributed by atoms with E-state index in [1.807, 2.05) is 31.2 Å². The summed E-state index contributed by atoms with van der Waals surface area (Å²) in [5.41, 5.74) is 7.56. The van der Waals surface area contributed by atoms with E-state index in [-0.39, 0.29) is 11.8 Å². The summed E-state index contributed by atoms with van der Waals surface area (Å²) in [6, 6.07) is 7.63. The summed E-state index contributed by atoms with van der Waals surface area (Å²) >= 11 is 0. The van der Waals surface area contributed by atoms with Crippen LogP contribution >= 0.6 is 0 Å². The highest BCUT2D eigenvalue weighted by Gasteiger charge is 2.33. The second-order valence-electron chi connectivity index (χ2n) is 4.89. The molecule has 0 saturated carbocycles. The van der Waals surface area contributed by atoms with E-state index in [1.54, 1.807) is 4.31 Å². The van der Waals surface area contributed by atoms with Crippen LogP contribution in [-0.2, 0) is 15.8 Å². The van der Waals surface area contributed by atoms with E-state index in [0.29, 0.717) is 13.1 Å². The third kappa shape index (κ3) is 2.91. The monoisotopic (exact) mass is 268 g/mol. The Kier molecular flexibility index (Phi) is 4.04. The average molecular weight is 268 g/mol. The van der Waals surface area contributed by atoms with Gasteiger partial charge >= 0.3 is 0 Å². The zero-order chi connectivity index (χ0) is 13.2. The van der Waals surface area contributed by atoms with Crippen molar-refractivity contribution < 1.29 is 8.42 Å².